The normalized spacial score (nSPS) is 12.5. The molecule has 0 aliphatic rings. The third-order valence-electron chi connectivity index (χ3n) is 3.20. The number of hydrogen-bond acceptors (Lipinski definition) is 2. The third kappa shape index (κ3) is 2.29. The van der Waals surface area contributed by atoms with Crippen molar-refractivity contribution in [3.8, 4) is 0 Å². The molecule has 1 aromatic heterocycles. The molecular weight excluding hydrogens is 241 g/mol. The van der Waals surface area contributed by atoms with Crippen molar-refractivity contribution in [2.45, 2.75) is 13.0 Å². The summed E-state index contributed by atoms with van der Waals surface area (Å²) >= 11 is 0. The summed E-state index contributed by atoms with van der Waals surface area (Å²) in [5.41, 5.74) is 2.60. The Morgan fingerprint density at radius 1 is 1.21 bits per heavy atom. The van der Waals surface area contributed by atoms with Crippen LogP contribution in [0.1, 0.15) is 18.5 Å². The van der Waals surface area contributed by atoms with Crippen molar-refractivity contribution < 1.29 is 4.39 Å². The zero-order valence-electron chi connectivity index (χ0n) is 10.5. The van der Waals surface area contributed by atoms with Gasteiger partial charge in [0.15, 0.2) is 0 Å². The standard InChI is InChI=1S/C15H14FN3/c1-10(13-4-2-3-5-14(13)16)18-12-6-7-15-11(8-12)9-17-19-15/h2-10,18H,1H3,(H,17,19). The van der Waals surface area contributed by atoms with Crippen LogP contribution in [0.3, 0.4) is 0 Å². The van der Waals surface area contributed by atoms with Crippen molar-refractivity contribution in [3.63, 3.8) is 0 Å². The predicted molar refractivity (Wildman–Crippen MR) is 74.5 cm³/mol. The average Bonchev–Trinajstić information content (AvgIpc) is 2.86. The summed E-state index contributed by atoms with van der Waals surface area (Å²) < 4.78 is 13.7. The van der Waals surface area contributed by atoms with Gasteiger partial charge in [0.1, 0.15) is 5.82 Å². The van der Waals surface area contributed by atoms with Crippen LogP contribution in [0, 0.1) is 5.82 Å². The summed E-state index contributed by atoms with van der Waals surface area (Å²) in [6.45, 7) is 1.94. The van der Waals surface area contributed by atoms with Crippen LogP contribution >= 0.6 is 0 Å². The first-order valence-electron chi connectivity index (χ1n) is 6.18. The van der Waals surface area contributed by atoms with Crippen molar-refractivity contribution in [1.82, 2.24) is 10.2 Å². The highest BCUT2D eigenvalue weighted by atomic mass is 19.1. The number of fused-ring (bicyclic) bond motifs is 1. The highest BCUT2D eigenvalue weighted by Gasteiger charge is 2.10. The SMILES string of the molecule is CC(Nc1ccc2[nH]ncc2c1)c1ccccc1F. The second kappa shape index (κ2) is 4.72. The first-order valence-corrected chi connectivity index (χ1v) is 6.18. The Kier molecular flexibility index (Phi) is 2.91. The molecule has 2 aromatic carbocycles. The maximum absolute atomic E-state index is 13.7. The van der Waals surface area contributed by atoms with Gasteiger partial charge in [-0.3, -0.25) is 5.10 Å². The molecule has 0 saturated carbocycles. The van der Waals surface area contributed by atoms with E-state index in [4.69, 9.17) is 0 Å². The van der Waals surface area contributed by atoms with Crippen LogP contribution in [0.25, 0.3) is 10.9 Å². The number of aromatic amines is 1. The number of nitrogens with zero attached hydrogens (tertiary/aromatic N) is 1. The van der Waals surface area contributed by atoms with E-state index in [0.29, 0.717) is 5.56 Å². The van der Waals surface area contributed by atoms with Crippen LogP contribution in [0.2, 0.25) is 0 Å². The number of hydrogen-bond donors (Lipinski definition) is 2. The lowest BCUT2D eigenvalue weighted by molar-refractivity contribution is 0.600. The molecule has 0 saturated heterocycles. The van der Waals surface area contributed by atoms with E-state index in [1.54, 1.807) is 18.3 Å². The average molecular weight is 255 g/mol. The largest absolute Gasteiger partial charge is 0.378 e. The molecule has 0 bridgehead atoms. The summed E-state index contributed by atoms with van der Waals surface area (Å²) in [6.07, 6.45) is 1.77. The third-order valence-corrected chi connectivity index (χ3v) is 3.20. The molecule has 0 aliphatic heterocycles. The van der Waals surface area contributed by atoms with Crippen molar-refractivity contribution in [2.24, 2.45) is 0 Å². The quantitative estimate of drug-likeness (QED) is 0.745. The smallest absolute Gasteiger partial charge is 0.128 e. The van der Waals surface area contributed by atoms with E-state index in [-0.39, 0.29) is 11.9 Å². The fourth-order valence-electron chi connectivity index (χ4n) is 2.19. The first-order chi connectivity index (χ1) is 9.24. The number of halogens is 1. The van der Waals surface area contributed by atoms with Gasteiger partial charge in [0, 0.05) is 16.6 Å². The van der Waals surface area contributed by atoms with E-state index in [1.165, 1.54) is 6.07 Å². The second-order valence-electron chi connectivity index (χ2n) is 4.56. The van der Waals surface area contributed by atoms with Gasteiger partial charge in [-0.05, 0) is 31.2 Å². The fourth-order valence-corrected chi connectivity index (χ4v) is 2.19. The minimum atomic E-state index is -0.188. The molecule has 1 heterocycles. The first kappa shape index (κ1) is 11.7. The summed E-state index contributed by atoms with van der Waals surface area (Å²) in [5, 5.41) is 11.2. The molecule has 0 fully saturated rings. The van der Waals surface area contributed by atoms with Crippen molar-refractivity contribution >= 4 is 16.6 Å². The van der Waals surface area contributed by atoms with Crippen LogP contribution in [0.5, 0.6) is 0 Å². The van der Waals surface area contributed by atoms with Gasteiger partial charge in [-0.15, -0.1) is 0 Å². The van der Waals surface area contributed by atoms with Crippen molar-refractivity contribution in [2.75, 3.05) is 5.32 Å². The highest BCUT2D eigenvalue weighted by molar-refractivity contribution is 5.81. The zero-order chi connectivity index (χ0) is 13.2. The van der Waals surface area contributed by atoms with Crippen molar-refractivity contribution in [1.29, 1.82) is 0 Å². The molecule has 2 N–H and O–H groups in total. The molecular formula is C15H14FN3. The van der Waals surface area contributed by atoms with Gasteiger partial charge < -0.3 is 5.32 Å². The molecule has 96 valence electrons. The lowest BCUT2D eigenvalue weighted by Gasteiger charge is -2.16. The molecule has 1 unspecified atom stereocenters. The minimum absolute atomic E-state index is 0.0921. The number of rotatable bonds is 3. The molecule has 0 aliphatic carbocycles. The molecule has 0 radical (unpaired) electrons. The van der Waals surface area contributed by atoms with E-state index >= 15 is 0 Å². The van der Waals surface area contributed by atoms with E-state index < -0.39 is 0 Å². The van der Waals surface area contributed by atoms with Gasteiger partial charge in [-0.25, -0.2) is 4.39 Å². The van der Waals surface area contributed by atoms with Crippen molar-refractivity contribution in [3.05, 3.63) is 60.0 Å². The van der Waals surface area contributed by atoms with Gasteiger partial charge in [0.25, 0.3) is 0 Å². The monoisotopic (exact) mass is 255 g/mol. The molecule has 0 spiro atoms. The maximum atomic E-state index is 13.7. The highest BCUT2D eigenvalue weighted by Crippen LogP contribution is 2.23. The summed E-state index contributed by atoms with van der Waals surface area (Å²) in [4.78, 5) is 0. The number of benzene rings is 2. The van der Waals surface area contributed by atoms with Crippen LogP contribution in [0.15, 0.2) is 48.7 Å². The Hall–Kier alpha value is -2.36. The number of aromatic nitrogens is 2. The lowest BCUT2D eigenvalue weighted by atomic mass is 10.1. The molecule has 3 rings (SSSR count). The Morgan fingerprint density at radius 2 is 2.05 bits per heavy atom. The van der Waals surface area contributed by atoms with E-state index in [9.17, 15) is 4.39 Å². The Labute approximate surface area is 110 Å². The van der Waals surface area contributed by atoms with Crippen LogP contribution in [0.4, 0.5) is 10.1 Å². The Balaban J connectivity index is 1.86. The topological polar surface area (TPSA) is 40.7 Å². The maximum Gasteiger partial charge on any atom is 0.128 e. The molecule has 3 nitrogen and oxygen atoms in total. The predicted octanol–water partition coefficient (Wildman–Crippen LogP) is 3.88. The second-order valence-corrected chi connectivity index (χ2v) is 4.56. The van der Waals surface area contributed by atoms with Crippen LogP contribution in [-0.2, 0) is 0 Å². The van der Waals surface area contributed by atoms with Crippen LogP contribution < -0.4 is 5.32 Å². The van der Waals surface area contributed by atoms with E-state index in [1.807, 2.05) is 31.2 Å². The molecule has 4 heteroatoms. The van der Waals surface area contributed by atoms with Crippen LogP contribution in [-0.4, -0.2) is 10.2 Å². The number of anilines is 1. The number of H-pyrrole nitrogens is 1. The minimum Gasteiger partial charge on any atom is -0.378 e. The van der Waals surface area contributed by atoms with Gasteiger partial charge in [0.2, 0.25) is 0 Å². The van der Waals surface area contributed by atoms with E-state index in [2.05, 4.69) is 15.5 Å². The number of nitrogens with one attached hydrogen (secondary N) is 2. The van der Waals surface area contributed by atoms with Gasteiger partial charge in [-0.1, -0.05) is 18.2 Å². The van der Waals surface area contributed by atoms with Gasteiger partial charge in [-0.2, -0.15) is 5.10 Å². The lowest BCUT2D eigenvalue weighted by Crippen LogP contribution is -2.08. The summed E-state index contributed by atoms with van der Waals surface area (Å²) in [6, 6.07) is 12.6. The Bertz CT molecular complexity index is 705. The molecule has 0 amide bonds. The molecule has 19 heavy (non-hydrogen) atoms. The molecule has 3 aromatic rings. The summed E-state index contributed by atoms with van der Waals surface area (Å²) in [5.74, 6) is -0.188. The fraction of sp³-hybridized carbons (Fsp3) is 0.133. The van der Waals surface area contributed by atoms with Gasteiger partial charge in [0.05, 0.1) is 17.8 Å². The van der Waals surface area contributed by atoms with Gasteiger partial charge >= 0.3 is 0 Å². The molecule has 1 atom stereocenters. The Morgan fingerprint density at radius 3 is 2.89 bits per heavy atom. The summed E-state index contributed by atoms with van der Waals surface area (Å²) in [7, 11) is 0. The van der Waals surface area contributed by atoms with E-state index in [0.717, 1.165) is 16.6 Å². The zero-order valence-corrected chi connectivity index (χ0v) is 10.5.